The first-order valence-electron chi connectivity index (χ1n) is 12.0. The lowest BCUT2D eigenvalue weighted by Gasteiger charge is -2.14. The summed E-state index contributed by atoms with van der Waals surface area (Å²) in [5.41, 5.74) is 11.5. The van der Waals surface area contributed by atoms with Gasteiger partial charge in [0.05, 0.1) is 18.4 Å². The molecule has 0 bridgehead atoms. The smallest absolute Gasteiger partial charge is 0.217 e. The Kier molecular flexibility index (Phi) is 7.76. The van der Waals surface area contributed by atoms with Crippen molar-refractivity contribution in [2.75, 3.05) is 12.4 Å². The van der Waals surface area contributed by atoms with Crippen LogP contribution in [-0.4, -0.2) is 49.5 Å². The third-order valence-corrected chi connectivity index (χ3v) is 7.58. The number of hydrogen-bond acceptors (Lipinski definition) is 6. The molecule has 0 saturated carbocycles. The van der Waals surface area contributed by atoms with Gasteiger partial charge in [0, 0.05) is 42.1 Å². The number of Topliss-reactive ketones (excluding diaryl/α,β-unsaturated/α-hetero) is 1. The Morgan fingerprint density at radius 1 is 1.14 bits per heavy atom. The zero-order valence-corrected chi connectivity index (χ0v) is 21.7. The lowest BCUT2D eigenvalue weighted by atomic mass is 10.1. The number of nitrogens with two attached hydrogens (primary N) is 1. The van der Waals surface area contributed by atoms with E-state index in [-0.39, 0.29) is 30.0 Å². The minimum atomic E-state index is -0.375. The van der Waals surface area contributed by atoms with Crippen molar-refractivity contribution in [2.24, 2.45) is 5.73 Å². The molecular formula is C26H33N5O3S. The van der Waals surface area contributed by atoms with Gasteiger partial charge in [-0.1, -0.05) is 17.8 Å². The highest BCUT2D eigenvalue weighted by Crippen LogP contribution is 2.26. The standard InChI is InChI=1S/C26H33N5O3S/c1-16-7-8-20(12-17(16)2)31-18(3)13-22(19(31)4)23(32)15-35-26-29-28-25(10-9-24(27)33)30(26)14-21-6-5-11-34-21/h7-8,12-13,21H,5-6,9-11,14-15H2,1-4H3,(H2,27,33). The second-order valence-corrected chi connectivity index (χ2v) is 10.2. The number of carbonyl (C=O) groups excluding carboxylic acids is 2. The van der Waals surface area contributed by atoms with Crippen LogP contribution in [-0.2, 0) is 22.5 Å². The van der Waals surface area contributed by atoms with E-state index in [1.165, 1.54) is 22.9 Å². The van der Waals surface area contributed by atoms with Crippen LogP contribution in [0.5, 0.6) is 0 Å². The van der Waals surface area contributed by atoms with E-state index in [0.717, 1.165) is 36.5 Å². The zero-order valence-electron chi connectivity index (χ0n) is 20.8. The van der Waals surface area contributed by atoms with Gasteiger partial charge in [-0.15, -0.1) is 10.2 Å². The number of aryl methyl sites for hydroxylation is 4. The molecule has 1 aromatic carbocycles. The zero-order chi connectivity index (χ0) is 25.1. The number of primary amides is 1. The first-order chi connectivity index (χ1) is 16.7. The van der Waals surface area contributed by atoms with Crippen LogP contribution < -0.4 is 5.73 Å². The molecule has 1 aliphatic rings. The van der Waals surface area contributed by atoms with Crippen LogP contribution in [0.1, 0.15) is 58.0 Å². The summed E-state index contributed by atoms with van der Waals surface area (Å²) in [5.74, 6) is 0.613. The average molecular weight is 496 g/mol. The number of rotatable bonds is 10. The maximum Gasteiger partial charge on any atom is 0.217 e. The Hall–Kier alpha value is -2.91. The summed E-state index contributed by atoms with van der Waals surface area (Å²) >= 11 is 1.37. The fourth-order valence-corrected chi connectivity index (χ4v) is 5.39. The molecule has 3 heterocycles. The molecule has 3 aromatic rings. The topological polar surface area (TPSA) is 105 Å². The van der Waals surface area contributed by atoms with Gasteiger partial charge in [0.2, 0.25) is 5.91 Å². The minimum absolute atomic E-state index is 0.0449. The predicted molar refractivity (Wildman–Crippen MR) is 136 cm³/mol. The number of amides is 1. The Labute approximate surface area is 210 Å². The summed E-state index contributed by atoms with van der Waals surface area (Å²) in [4.78, 5) is 24.6. The number of hydrogen-bond donors (Lipinski definition) is 1. The number of ether oxygens (including phenoxy) is 1. The van der Waals surface area contributed by atoms with Gasteiger partial charge in [-0.2, -0.15) is 0 Å². The van der Waals surface area contributed by atoms with E-state index in [9.17, 15) is 9.59 Å². The predicted octanol–water partition coefficient (Wildman–Crippen LogP) is 3.87. The molecule has 0 radical (unpaired) electrons. The van der Waals surface area contributed by atoms with Crippen molar-refractivity contribution >= 4 is 23.5 Å². The number of thioether (sulfide) groups is 1. The van der Waals surface area contributed by atoms with E-state index >= 15 is 0 Å². The summed E-state index contributed by atoms with van der Waals surface area (Å²) < 4.78 is 9.91. The number of aromatic nitrogens is 4. The fraction of sp³-hybridized carbons (Fsp3) is 0.462. The van der Waals surface area contributed by atoms with Gasteiger partial charge in [-0.25, -0.2) is 0 Å². The van der Waals surface area contributed by atoms with Crippen molar-refractivity contribution in [1.82, 2.24) is 19.3 Å². The van der Waals surface area contributed by atoms with Gasteiger partial charge in [-0.3, -0.25) is 9.59 Å². The third kappa shape index (κ3) is 5.67. The van der Waals surface area contributed by atoms with Crippen molar-refractivity contribution in [3.63, 3.8) is 0 Å². The molecule has 2 aromatic heterocycles. The molecule has 1 amide bonds. The quantitative estimate of drug-likeness (QED) is 0.338. The van der Waals surface area contributed by atoms with Crippen LogP contribution in [0.25, 0.3) is 5.69 Å². The third-order valence-electron chi connectivity index (χ3n) is 6.61. The number of carbonyl (C=O) groups is 2. The lowest BCUT2D eigenvalue weighted by Crippen LogP contribution is -2.19. The molecule has 0 spiro atoms. The van der Waals surface area contributed by atoms with Crippen molar-refractivity contribution in [3.05, 3.63) is 58.2 Å². The Morgan fingerprint density at radius 3 is 2.63 bits per heavy atom. The van der Waals surface area contributed by atoms with E-state index in [2.05, 4.69) is 46.8 Å². The van der Waals surface area contributed by atoms with Gasteiger partial charge in [0.25, 0.3) is 0 Å². The lowest BCUT2D eigenvalue weighted by molar-refractivity contribution is -0.118. The molecule has 0 aliphatic carbocycles. The molecule has 35 heavy (non-hydrogen) atoms. The second-order valence-electron chi connectivity index (χ2n) is 9.21. The molecular weight excluding hydrogens is 462 g/mol. The van der Waals surface area contributed by atoms with Crippen molar-refractivity contribution in [3.8, 4) is 5.69 Å². The van der Waals surface area contributed by atoms with Gasteiger partial charge in [-0.05, 0) is 69.9 Å². The monoisotopic (exact) mass is 495 g/mol. The van der Waals surface area contributed by atoms with E-state index in [1.807, 2.05) is 24.5 Å². The first-order valence-corrected chi connectivity index (χ1v) is 13.0. The minimum Gasteiger partial charge on any atom is -0.376 e. The highest BCUT2D eigenvalue weighted by atomic mass is 32.2. The van der Waals surface area contributed by atoms with Crippen molar-refractivity contribution in [2.45, 2.75) is 71.2 Å². The SMILES string of the molecule is Cc1ccc(-n2c(C)cc(C(=O)CSc3nnc(CCC(N)=O)n3CC3CCCO3)c2C)cc1C. The molecule has 4 rings (SSSR count). The Morgan fingerprint density at radius 2 is 1.94 bits per heavy atom. The summed E-state index contributed by atoms with van der Waals surface area (Å²) in [5, 5.41) is 9.27. The van der Waals surface area contributed by atoms with Crippen LogP contribution in [0.4, 0.5) is 0 Å². The molecule has 186 valence electrons. The number of nitrogens with zero attached hydrogens (tertiary/aromatic N) is 4. The molecule has 1 saturated heterocycles. The average Bonchev–Trinajstić information content (AvgIpc) is 3.53. The van der Waals surface area contributed by atoms with E-state index in [4.69, 9.17) is 10.5 Å². The van der Waals surface area contributed by atoms with Gasteiger partial charge in [0.15, 0.2) is 10.9 Å². The summed E-state index contributed by atoms with van der Waals surface area (Å²) in [6.45, 7) is 9.56. The summed E-state index contributed by atoms with van der Waals surface area (Å²) in [7, 11) is 0. The normalized spacial score (nSPS) is 15.6. The molecule has 1 aliphatic heterocycles. The molecule has 1 atom stereocenters. The number of benzene rings is 1. The van der Waals surface area contributed by atoms with Crippen LogP contribution in [0.2, 0.25) is 0 Å². The van der Waals surface area contributed by atoms with Crippen molar-refractivity contribution < 1.29 is 14.3 Å². The maximum absolute atomic E-state index is 13.3. The van der Waals surface area contributed by atoms with Crippen molar-refractivity contribution in [1.29, 1.82) is 0 Å². The summed E-state index contributed by atoms with van der Waals surface area (Å²) in [6.07, 6.45) is 2.71. The Balaban J connectivity index is 1.52. The van der Waals surface area contributed by atoms with Crippen LogP contribution >= 0.6 is 11.8 Å². The fourth-order valence-electron chi connectivity index (χ4n) is 4.54. The van der Waals surface area contributed by atoms with Gasteiger partial charge in [0.1, 0.15) is 5.82 Å². The van der Waals surface area contributed by atoms with Crippen LogP contribution in [0.15, 0.2) is 29.4 Å². The molecule has 1 unspecified atom stereocenters. The largest absolute Gasteiger partial charge is 0.376 e. The molecule has 2 N–H and O–H groups in total. The van der Waals surface area contributed by atoms with E-state index in [1.54, 1.807) is 0 Å². The van der Waals surface area contributed by atoms with E-state index < -0.39 is 0 Å². The van der Waals surface area contributed by atoms with Crippen LogP contribution in [0, 0.1) is 27.7 Å². The first kappa shape index (κ1) is 25.2. The van der Waals surface area contributed by atoms with Gasteiger partial charge >= 0.3 is 0 Å². The second kappa shape index (κ2) is 10.8. The molecule has 8 nitrogen and oxygen atoms in total. The summed E-state index contributed by atoms with van der Waals surface area (Å²) in [6, 6.07) is 8.31. The van der Waals surface area contributed by atoms with Gasteiger partial charge < -0.3 is 19.6 Å². The Bertz CT molecular complexity index is 1240. The van der Waals surface area contributed by atoms with Crippen LogP contribution in [0.3, 0.4) is 0 Å². The van der Waals surface area contributed by atoms with E-state index in [0.29, 0.717) is 29.5 Å². The molecule has 9 heteroatoms. The maximum atomic E-state index is 13.3. The highest BCUT2D eigenvalue weighted by Gasteiger charge is 2.23. The highest BCUT2D eigenvalue weighted by molar-refractivity contribution is 7.99. The number of ketones is 1. The molecule has 1 fully saturated rings.